The van der Waals surface area contributed by atoms with Crippen LogP contribution in [0.1, 0.15) is 38.0 Å². The van der Waals surface area contributed by atoms with E-state index in [9.17, 15) is 5.11 Å². The van der Waals surface area contributed by atoms with Gasteiger partial charge in [-0.1, -0.05) is 55.2 Å². The molecule has 0 aromatic heterocycles. The maximum Gasteiger partial charge on any atom is 0.184 e. The highest BCUT2D eigenvalue weighted by Gasteiger charge is 2.36. The van der Waals surface area contributed by atoms with E-state index in [1.807, 2.05) is 30.3 Å². The fourth-order valence-corrected chi connectivity index (χ4v) is 2.43. The van der Waals surface area contributed by atoms with E-state index in [1.165, 1.54) is 0 Å². The number of azide groups is 1. The zero-order valence-electron chi connectivity index (χ0n) is 12.1. The third kappa shape index (κ3) is 4.19. The molecule has 4 atom stereocenters. The second kappa shape index (κ2) is 8.00. The molecular formula is C15H21N3O3. The second-order valence-corrected chi connectivity index (χ2v) is 5.16. The molecule has 2 rings (SSSR count). The summed E-state index contributed by atoms with van der Waals surface area (Å²) in [5.74, 6) is 0. The molecule has 1 fully saturated rings. The summed E-state index contributed by atoms with van der Waals surface area (Å²) in [6.07, 6.45) is 0.801. The Bertz CT molecular complexity index is 476. The van der Waals surface area contributed by atoms with Gasteiger partial charge in [-0.2, -0.15) is 0 Å². The average molecular weight is 291 g/mol. The standard InChI is InChI=1S/C15H21N3O3/c1-2-3-9-13(19)14-12(17-18-16)10-20-15(21-14)11-7-5-4-6-8-11/h4-8,12-15,19H,2-3,9-10H2,1H3/t12?,13-,14?,15?/m1/s1. The van der Waals surface area contributed by atoms with Gasteiger partial charge in [0.15, 0.2) is 6.29 Å². The van der Waals surface area contributed by atoms with Crippen LogP contribution in [0, 0.1) is 0 Å². The van der Waals surface area contributed by atoms with Crippen LogP contribution in [-0.4, -0.2) is 30.0 Å². The number of rotatable bonds is 6. The third-order valence-electron chi connectivity index (χ3n) is 3.58. The molecule has 1 aliphatic rings. The maximum atomic E-state index is 10.3. The lowest BCUT2D eigenvalue weighted by Crippen LogP contribution is -2.46. The van der Waals surface area contributed by atoms with Gasteiger partial charge in [-0.3, -0.25) is 0 Å². The molecule has 6 nitrogen and oxygen atoms in total. The van der Waals surface area contributed by atoms with Crippen molar-refractivity contribution in [2.45, 2.75) is 50.7 Å². The molecule has 1 aromatic carbocycles. The summed E-state index contributed by atoms with van der Waals surface area (Å²) in [5.41, 5.74) is 9.54. The molecule has 1 heterocycles. The van der Waals surface area contributed by atoms with Crippen molar-refractivity contribution in [1.82, 2.24) is 0 Å². The predicted molar refractivity (Wildman–Crippen MR) is 78.5 cm³/mol. The largest absolute Gasteiger partial charge is 0.390 e. The Morgan fingerprint density at radius 3 is 2.86 bits per heavy atom. The first-order chi connectivity index (χ1) is 10.3. The molecule has 21 heavy (non-hydrogen) atoms. The number of ether oxygens (including phenoxy) is 2. The Balaban J connectivity index is 2.09. The Labute approximate surface area is 124 Å². The van der Waals surface area contributed by atoms with Gasteiger partial charge in [0.05, 0.1) is 24.9 Å². The first-order valence-corrected chi connectivity index (χ1v) is 7.30. The van der Waals surface area contributed by atoms with Crippen molar-refractivity contribution in [2.75, 3.05) is 6.61 Å². The molecule has 3 unspecified atom stereocenters. The van der Waals surface area contributed by atoms with E-state index < -0.39 is 24.5 Å². The van der Waals surface area contributed by atoms with Crippen molar-refractivity contribution >= 4 is 0 Å². The van der Waals surface area contributed by atoms with E-state index in [0.29, 0.717) is 6.42 Å². The lowest BCUT2D eigenvalue weighted by molar-refractivity contribution is -0.245. The minimum absolute atomic E-state index is 0.247. The van der Waals surface area contributed by atoms with Crippen molar-refractivity contribution in [3.63, 3.8) is 0 Å². The van der Waals surface area contributed by atoms with Gasteiger partial charge in [-0.05, 0) is 12.0 Å². The van der Waals surface area contributed by atoms with Crippen LogP contribution in [0.15, 0.2) is 35.4 Å². The summed E-state index contributed by atoms with van der Waals surface area (Å²) in [5, 5.41) is 14.0. The lowest BCUT2D eigenvalue weighted by Gasteiger charge is -2.37. The van der Waals surface area contributed by atoms with Gasteiger partial charge in [0, 0.05) is 10.5 Å². The molecule has 1 aromatic rings. The number of benzene rings is 1. The summed E-state index contributed by atoms with van der Waals surface area (Å²) < 4.78 is 11.5. The van der Waals surface area contributed by atoms with Gasteiger partial charge in [-0.15, -0.1) is 0 Å². The topological polar surface area (TPSA) is 87.5 Å². The van der Waals surface area contributed by atoms with Crippen LogP contribution in [0.5, 0.6) is 0 Å². The Morgan fingerprint density at radius 1 is 1.43 bits per heavy atom. The molecule has 1 aliphatic heterocycles. The zero-order valence-corrected chi connectivity index (χ0v) is 12.1. The smallest absolute Gasteiger partial charge is 0.184 e. The van der Waals surface area contributed by atoms with E-state index in [-0.39, 0.29) is 6.61 Å². The molecule has 1 saturated heterocycles. The van der Waals surface area contributed by atoms with Gasteiger partial charge in [0.25, 0.3) is 0 Å². The second-order valence-electron chi connectivity index (χ2n) is 5.16. The first kappa shape index (κ1) is 15.8. The first-order valence-electron chi connectivity index (χ1n) is 7.30. The van der Waals surface area contributed by atoms with E-state index >= 15 is 0 Å². The SMILES string of the molecule is CCCC[C@@H](O)C1OC(c2ccccc2)OCC1N=[N+]=[N-]. The molecule has 0 spiro atoms. The van der Waals surface area contributed by atoms with Crippen molar-refractivity contribution < 1.29 is 14.6 Å². The van der Waals surface area contributed by atoms with Crippen molar-refractivity contribution in [2.24, 2.45) is 5.11 Å². The fraction of sp³-hybridized carbons (Fsp3) is 0.600. The minimum Gasteiger partial charge on any atom is -0.390 e. The van der Waals surface area contributed by atoms with Crippen LogP contribution >= 0.6 is 0 Å². The van der Waals surface area contributed by atoms with Crippen LogP contribution < -0.4 is 0 Å². The molecule has 0 amide bonds. The van der Waals surface area contributed by atoms with Gasteiger partial charge < -0.3 is 14.6 Å². The molecule has 0 bridgehead atoms. The van der Waals surface area contributed by atoms with E-state index in [0.717, 1.165) is 18.4 Å². The summed E-state index contributed by atoms with van der Waals surface area (Å²) in [7, 11) is 0. The van der Waals surface area contributed by atoms with Crippen LogP contribution in [0.2, 0.25) is 0 Å². The third-order valence-corrected chi connectivity index (χ3v) is 3.58. The van der Waals surface area contributed by atoms with Gasteiger partial charge >= 0.3 is 0 Å². The Hall–Kier alpha value is -1.59. The van der Waals surface area contributed by atoms with Crippen molar-refractivity contribution in [1.29, 1.82) is 0 Å². The number of aliphatic hydroxyl groups is 1. The number of aliphatic hydroxyl groups excluding tert-OH is 1. The van der Waals surface area contributed by atoms with E-state index in [1.54, 1.807) is 0 Å². The minimum atomic E-state index is -0.657. The number of nitrogens with zero attached hydrogens (tertiary/aromatic N) is 3. The highest BCUT2D eigenvalue weighted by atomic mass is 16.7. The summed E-state index contributed by atoms with van der Waals surface area (Å²) in [6.45, 7) is 2.31. The van der Waals surface area contributed by atoms with Crippen LogP contribution in [0.3, 0.4) is 0 Å². The predicted octanol–water partition coefficient (Wildman–Crippen LogP) is 3.33. The Morgan fingerprint density at radius 2 is 2.19 bits per heavy atom. The number of unbranched alkanes of at least 4 members (excludes halogenated alkanes) is 1. The van der Waals surface area contributed by atoms with Crippen molar-refractivity contribution in [3.8, 4) is 0 Å². The number of hydrogen-bond donors (Lipinski definition) is 1. The Kier molecular flexibility index (Phi) is 6.02. The van der Waals surface area contributed by atoms with Crippen LogP contribution in [-0.2, 0) is 9.47 Å². The summed E-state index contributed by atoms with van der Waals surface area (Å²) >= 11 is 0. The molecule has 1 N–H and O–H groups in total. The summed E-state index contributed by atoms with van der Waals surface area (Å²) in [4.78, 5) is 2.82. The van der Waals surface area contributed by atoms with Gasteiger partial charge in [0.2, 0.25) is 0 Å². The fourth-order valence-electron chi connectivity index (χ4n) is 2.43. The quantitative estimate of drug-likeness (QED) is 0.495. The lowest BCUT2D eigenvalue weighted by atomic mass is 10.0. The molecule has 0 radical (unpaired) electrons. The molecule has 114 valence electrons. The molecule has 0 aliphatic carbocycles. The van der Waals surface area contributed by atoms with E-state index in [2.05, 4.69) is 16.9 Å². The monoisotopic (exact) mass is 291 g/mol. The highest BCUT2D eigenvalue weighted by molar-refractivity contribution is 5.16. The highest BCUT2D eigenvalue weighted by Crippen LogP contribution is 2.30. The normalized spacial score (nSPS) is 26.9. The van der Waals surface area contributed by atoms with Crippen LogP contribution in [0.4, 0.5) is 0 Å². The zero-order chi connectivity index (χ0) is 15.1. The summed E-state index contributed by atoms with van der Waals surface area (Å²) in [6, 6.07) is 9.06. The molecule has 0 saturated carbocycles. The van der Waals surface area contributed by atoms with Gasteiger partial charge in [0.1, 0.15) is 0 Å². The average Bonchev–Trinajstić information content (AvgIpc) is 2.54. The number of hydrogen-bond acceptors (Lipinski definition) is 4. The van der Waals surface area contributed by atoms with Gasteiger partial charge in [-0.25, -0.2) is 0 Å². The van der Waals surface area contributed by atoms with Crippen LogP contribution in [0.25, 0.3) is 10.4 Å². The molecule has 6 heteroatoms. The van der Waals surface area contributed by atoms with Crippen molar-refractivity contribution in [3.05, 3.63) is 46.3 Å². The van der Waals surface area contributed by atoms with E-state index in [4.69, 9.17) is 15.0 Å². The maximum absolute atomic E-state index is 10.3. The molecular weight excluding hydrogens is 270 g/mol.